The first-order chi connectivity index (χ1) is 17.1. The van der Waals surface area contributed by atoms with E-state index in [1.165, 1.54) is 19.9 Å². The third-order valence-corrected chi connectivity index (χ3v) is 6.65. The smallest absolute Gasteiger partial charge is 0.296 e. The van der Waals surface area contributed by atoms with Crippen molar-refractivity contribution in [2.45, 2.75) is 31.0 Å². The Morgan fingerprint density at radius 3 is 2.22 bits per heavy atom. The second-order valence-electron chi connectivity index (χ2n) is 7.23. The van der Waals surface area contributed by atoms with Crippen LogP contribution < -0.4 is 10.9 Å². The molecule has 0 spiro atoms. The van der Waals surface area contributed by atoms with E-state index < -0.39 is 53.7 Å². The minimum absolute atomic E-state index is 0.0985. The summed E-state index contributed by atoms with van der Waals surface area (Å²) < 4.78 is 66.3. The van der Waals surface area contributed by atoms with Crippen molar-refractivity contribution in [2.24, 2.45) is 10.2 Å². The van der Waals surface area contributed by atoms with Gasteiger partial charge in [-0.25, -0.2) is 0 Å². The maximum absolute atomic E-state index is 12.8. The van der Waals surface area contributed by atoms with Crippen LogP contribution in [0.25, 0.3) is 0 Å². The number of benzene rings is 1. The number of pyridine rings is 1. The molecule has 0 aliphatic heterocycles. The van der Waals surface area contributed by atoms with Crippen LogP contribution in [0.4, 0.5) is 23.0 Å². The first kappa shape index (κ1) is 28.4. The summed E-state index contributed by atoms with van der Waals surface area (Å²) in [5.41, 5.74) is -2.07. The number of aromatic hydroxyl groups is 1. The fraction of sp³-hybridized carbons (Fsp3) is 0.222. The summed E-state index contributed by atoms with van der Waals surface area (Å²) in [7, 11) is -9.43. The van der Waals surface area contributed by atoms with Crippen molar-refractivity contribution in [1.29, 1.82) is 0 Å². The molecule has 0 radical (unpaired) electrons. The fourth-order valence-electron chi connectivity index (χ4n) is 3.13. The third kappa shape index (κ3) is 6.76. The van der Waals surface area contributed by atoms with E-state index in [1.54, 1.807) is 0 Å². The zero-order valence-electron chi connectivity index (χ0n) is 18.8. The van der Waals surface area contributed by atoms with E-state index in [0.29, 0.717) is 0 Å². The van der Waals surface area contributed by atoms with Crippen LogP contribution in [0.3, 0.4) is 0 Å². The van der Waals surface area contributed by atoms with Crippen LogP contribution in [-0.4, -0.2) is 50.6 Å². The lowest BCUT2D eigenvalue weighted by molar-refractivity contribution is 0.403. The monoisotopic (exact) mass is 593 g/mol. The van der Waals surface area contributed by atoms with E-state index in [1.807, 2.05) is 0 Å². The van der Waals surface area contributed by atoms with E-state index in [0.717, 1.165) is 16.7 Å². The molecule has 3 rings (SSSR count). The van der Waals surface area contributed by atoms with Gasteiger partial charge >= 0.3 is 0 Å². The maximum Gasteiger partial charge on any atom is 0.296 e. The lowest BCUT2D eigenvalue weighted by Gasteiger charge is -2.14. The van der Waals surface area contributed by atoms with Crippen LogP contribution in [0.5, 0.6) is 5.88 Å². The van der Waals surface area contributed by atoms with Gasteiger partial charge in [0.2, 0.25) is 16.5 Å². The van der Waals surface area contributed by atoms with Crippen molar-refractivity contribution in [3.05, 3.63) is 50.2 Å². The number of aromatic nitrogens is 4. The molecule has 2 heterocycles. The Hall–Kier alpha value is -3.22. The van der Waals surface area contributed by atoms with Crippen LogP contribution in [0.2, 0.25) is 10.6 Å². The molecule has 198 valence electrons. The van der Waals surface area contributed by atoms with E-state index >= 15 is 0 Å². The van der Waals surface area contributed by atoms with Gasteiger partial charge in [0, 0.05) is 17.8 Å². The maximum atomic E-state index is 12.8. The molecule has 4 N–H and O–H groups in total. The minimum Gasteiger partial charge on any atom is -0.494 e. The molecule has 0 atom stereocenters. The number of halogens is 2. The second-order valence-corrected chi connectivity index (χ2v) is 10.7. The van der Waals surface area contributed by atoms with Crippen molar-refractivity contribution in [2.75, 3.05) is 5.32 Å². The van der Waals surface area contributed by atoms with Gasteiger partial charge in [0.15, 0.2) is 11.6 Å². The Morgan fingerprint density at radius 2 is 1.68 bits per heavy atom. The highest BCUT2D eigenvalue weighted by atomic mass is 35.5. The van der Waals surface area contributed by atoms with Crippen LogP contribution in [0.1, 0.15) is 18.1 Å². The standard InChI is InChI=1S/C18H17Cl2N7O8S2/c1-3-27-14(28)10(7-36(30,31)32)8(2)13(15(27)29)26-25-11-6-9(4-5-12(11)37(33,34)35)21-18-23-16(19)22-17(20)24-18/h4-6,28H,3,7H2,1-2H3,(H,30,31,32)(H,33,34,35)(H,21,22,23,24). The fourth-order valence-corrected chi connectivity index (χ4v) is 4.81. The molecule has 3 aromatic rings. The van der Waals surface area contributed by atoms with Gasteiger partial charge in [-0.15, -0.1) is 10.2 Å². The molecule has 0 saturated carbocycles. The molecular formula is C18H17Cl2N7O8S2. The molecule has 0 unspecified atom stereocenters. The molecule has 2 aromatic heterocycles. The molecule has 0 aliphatic carbocycles. The molecule has 15 nitrogen and oxygen atoms in total. The van der Waals surface area contributed by atoms with E-state index in [-0.39, 0.29) is 39.9 Å². The topological polar surface area (TPSA) is 226 Å². The summed E-state index contributed by atoms with van der Waals surface area (Å²) in [4.78, 5) is 23.4. The molecule has 0 amide bonds. The lowest BCUT2D eigenvalue weighted by Crippen LogP contribution is -2.22. The van der Waals surface area contributed by atoms with E-state index in [2.05, 4.69) is 30.5 Å². The number of hydrogen-bond acceptors (Lipinski definition) is 12. The highest BCUT2D eigenvalue weighted by molar-refractivity contribution is 7.86. The van der Waals surface area contributed by atoms with Crippen LogP contribution >= 0.6 is 23.2 Å². The molecule has 19 heteroatoms. The number of rotatable bonds is 8. The Kier molecular flexibility index (Phi) is 8.15. The predicted molar refractivity (Wildman–Crippen MR) is 132 cm³/mol. The zero-order chi connectivity index (χ0) is 27.7. The van der Waals surface area contributed by atoms with Crippen molar-refractivity contribution < 1.29 is 31.0 Å². The lowest BCUT2D eigenvalue weighted by atomic mass is 10.1. The molecule has 0 bridgehead atoms. The average Bonchev–Trinajstić information content (AvgIpc) is 2.75. The first-order valence-electron chi connectivity index (χ1n) is 9.88. The van der Waals surface area contributed by atoms with Gasteiger partial charge in [0.1, 0.15) is 16.3 Å². The van der Waals surface area contributed by atoms with Crippen molar-refractivity contribution in [3.8, 4) is 5.88 Å². The first-order valence-corrected chi connectivity index (χ1v) is 13.7. The van der Waals surface area contributed by atoms with Crippen molar-refractivity contribution >= 4 is 66.4 Å². The quantitative estimate of drug-likeness (QED) is 0.218. The average molecular weight is 594 g/mol. The summed E-state index contributed by atoms with van der Waals surface area (Å²) in [5, 5.41) is 20.1. The largest absolute Gasteiger partial charge is 0.494 e. The van der Waals surface area contributed by atoms with Gasteiger partial charge in [0.25, 0.3) is 25.8 Å². The number of nitrogens with zero attached hydrogens (tertiary/aromatic N) is 6. The minimum atomic E-state index is -4.81. The molecule has 37 heavy (non-hydrogen) atoms. The molecule has 0 saturated heterocycles. The summed E-state index contributed by atoms with van der Waals surface area (Å²) in [6.45, 7) is 2.64. The summed E-state index contributed by atoms with van der Waals surface area (Å²) >= 11 is 11.5. The van der Waals surface area contributed by atoms with Gasteiger partial charge in [-0.2, -0.15) is 31.8 Å². The SMILES string of the molecule is CCn1c(O)c(CS(=O)(=O)O)c(C)c(N=Nc2cc(Nc3nc(Cl)nc(Cl)n3)ccc2S(=O)(=O)O)c1=O. The van der Waals surface area contributed by atoms with Crippen LogP contribution in [0, 0.1) is 6.92 Å². The number of hydrogen-bond donors (Lipinski definition) is 4. The summed E-state index contributed by atoms with van der Waals surface area (Å²) in [6, 6.07) is 3.33. The Labute approximate surface area is 219 Å². The highest BCUT2D eigenvalue weighted by Gasteiger charge is 2.23. The van der Waals surface area contributed by atoms with E-state index in [9.17, 15) is 35.8 Å². The van der Waals surface area contributed by atoms with Gasteiger partial charge in [-0.05, 0) is 60.8 Å². The highest BCUT2D eigenvalue weighted by Crippen LogP contribution is 2.32. The molecule has 0 aliphatic rings. The summed E-state index contributed by atoms with van der Waals surface area (Å²) in [5.74, 6) is -1.83. The number of anilines is 2. The predicted octanol–water partition coefficient (Wildman–Crippen LogP) is 3.17. The third-order valence-electron chi connectivity index (χ3n) is 4.76. The number of nitrogens with one attached hydrogen (secondary N) is 1. The van der Waals surface area contributed by atoms with E-state index in [4.69, 9.17) is 23.2 Å². The van der Waals surface area contributed by atoms with Crippen LogP contribution in [-0.2, 0) is 32.5 Å². The van der Waals surface area contributed by atoms with Crippen molar-refractivity contribution in [3.63, 3.8) is 0 Å². The Bertz CT molecular complexity index is 1670. The van der Waals surface area contributed by atoms with Gasteiger partial charge in [-0.3, -0.25) is 18.5 Å². The van der Waals surface area contributed by atoms with Gasteiger partial charge in [-0.1, -0.05) is 0 Å². The Balaban J connectivity index is 2.17. The zero-order valence-corrected chi connectivity index (χ0v) is 21.9. The normalized spacial score (nSPS) is 12.3. The number of azo groups is 1. The molecule has 0 fully saturated rings. The second kappa shape index (κ2) is 10.6. The summed E-state index contributed by atoms with van der Waals surface area (Å²) in [6.07, 6.45) is 0. The van der Waals surface area contributed by atoms with Crippen molar-refractivity contribution in [1.82, 2.24) is 19.5 Å². The van der Waals surface area contributed by atoms with Gasteiger partial charge < -0.3 is 10.4 Å². The Morgan fingerprint density at radius 1 is 1.05 bits per heavy atom. The van der Waals surface area contributed by atoms with Crippen LogP contribution in [0.15, 0.2) is 38.1 Å². The molecular weight excluding hydrogens is 577 g/mol. The van der Waals surface area contributed by atoms with Gasteiger partial charge in [0.05, 0.1) is 0 Å². The molecule has 1 aromatic carbocycles.